The second-order valence-corrected chi connectivity index (χ2v) is 6.79. The van der Waals surface area contributed by atoms with E-state index in [1.54, 1.807) is 17.0 Å². The van der Waals surface area contributed by atoms with Crippen molar-refractivity contribution in [1.82, 2.24) is 14.7 Å². The zero-order valence-electron chi connectivity index (χ0n) is 14.8. The predicted molar refractivity (Wildman–Crippen MR) is 93.4 cm³/mol. The van der Waals surface area contributed by atoms with Crippen molar-refractivity contribution in [3.63, 3.8) is 0 Å². The van der Waals surface area contributed by atoms with Crippen LogP contribution in [-0.2, 0) is 20.9 Å². The molecular formula is C19H24FN3O3. The van der Waals surface area contributed by atoms with Gasteiger partial charge in [0, 0.05) is 64.1 Å². The summed E-state index contributed by atoms with van der Waals surface area (Å²) >= 11 is 0. The summed E-state index contributed by atoms with van der Waals surface area (Å²) < 4.78 is 13.8. The van der Waals surface area contributed by atoms with Crippen LogP contribution < -0.4 is 0 Å². The fourth-order valence-electron chi connectivity index (χ4n) is 3.48. The van der Waals surface area contributed by atoms with E-state index >= 15 is 0 Å². The van der Waals surface area contributed by atoms with Crippen molar-refractivity contribution in [2.75, 3.05) is 32.7 Å². The quantitative estimate of drug-likeness (QED) is 0.744. The van der Waals surface area contributed by atoms with E-state index in [-0.39, 0.29) is 49.3 Å². The Labute approximate surface area is 152 Å². The molecule has 0 unspecified atom stereocenters. The van der Waals surface area contributed by atoms with Gasteiger partial charge in [-0.15, -0.1) is 0 Å². The number of likely N-dealkylation sites (tertiary alicyclic amines) is 1. The fraction of sp³-hybridized carbons (Fsp3) is 0.526. The molecule has 0 radical (unpaired) electrons. The molecule has 26 heavy (non-hydrogen) atoms. The summed E-state index contributed by atoms with van der Waals surface area (Å²) in [6.07, 6.45) is 1.50. The summed E-state index contributed by atoms with van der Waals surface area (Å²) in [6.45, 7) is 3.42. The molecule has 140 valence electrons. The Hall–Kier alpha value is -2.28. The van der Waals surface area contributed by atoms with Crippen molar-refractivity contribution >= 4 is 17.7 Å². The second-order valence-electron chi connectivity index (χ2n) is 6.79. The average Bonchev–Trinajstić information content (AvgIpc) is 2.82. The van der Waals surface area contributed by atoms with Gasteiger partial charge in [0.05, 0.1) is 0 Å². The minimum absolute atomic E-state index is 0.0368. The van der Waals surface area contributed by atoms with Crippen LogP contribution in [-0.4, -0.2) is 65.1 Å². The highest BCUT2D eigenvalue weighted by molar-refractivity contribution is 6.02. The average molecular weight is 361 g/mol. The predicted octanol–water partition coefficient (Wildman–Crippen LogP) is 1.40. The SMILES string of the molecule is O=C(CCN1C(=O)CCC1=O)N1CCCN(Cc2ccccc2F)CC1. The first kappa shape index (κ1) is 18.5. The number of carbonyl (C=O) groups is 3. The molecule has 0 aliphatic carbocycles. The van der Waals surface area contributed by atoms with E-state index in [4.69, 9.17) is 0 Å². The largest absolute Gasteiger partial charge is 0.341 e. The molecule has 3 amide bonds. The van der Waals surface area contributed by atoms with Gasteiger partial charge in [-0.3, -0.25) is 24.2 Å². The Morgan fingerprint density at radius 1 is 1.00 bits per heavy atom. The number of nitrogens with zero attached hydrogens (tertiary/aromatic N) is 3. The number of imide groups is 1. The molecule has 1 aromatic carbocycles. The molecule has 1 aromatic rings. The number of benzene rings is 1. The number of hydrogen-bond donors (Lipinski definition) is 0. The van der Waals surface area contributed by atoms with Crippen LogP contribution in [0, 0.1) is 5.82 Å². The van der Waals surface area contributed by atoms with Gasteiger partial charge in [-0.2, -0.15) is 0 Å². The fourth-order valence-corrected chi connectivity index (χ4v) is 3.48. The van der Waals surface area contributed by atoms with E-state index in [9.17, 15) is 18.8 Å². The molecule has 0 spiro atoms. The van der Waals surface area contributed by atoms with Crippen LogP contribution in [0.4, 0.5) is 4.39 Å². The molecule has 7 heteroatoms. The normalized spacial score (nSPS) is 19.1. The lowest BCUT2D eigenvalue weighted by molar-refractivity contribution is -0.139. The van der Waals surface area contributed by atoms with E-state index in [2.05, 4.69) is 4.90 Å². The molecule has 0 N–H and O–H groups in total. The number of amides is 3. The highest BCUT2D eigenvalue weighted by Gasteiger charge is 2.29. The van der Waals surface area contributed by atoms with Crippen LogP contribution >= 0.6 is 0 Å². The maximum atomic E-state index is 13.8. The van der Waals surface area contributed by atoms with E-state index in [1.165, 1.54) is 11.0 Å². The van der Waals surface area contributed by atoms with Gasteiger partial charge >= 0.3 is 0 Å². The van der Waals surface area contributed by atoms with Crippen molar-refractivity contribution in [1.29, 1.82) is 0 Å². The first-order valence-electron chi connectivity index (χ1n) is 9.11. The molecule has 2 saturated heterocycles. The van der Waals surface area contributed by atoms with Gasteiger partial charge in [0.1, 0.15) is 5.82 Å². The number of halogens is 1. The highest BCUT2D eigenvalue weighted by Crippen LogP contribution is 2.14. The molecular weight excluding hydrogens is 337 g/mol. The number of rotatable bonds is 5. The summed E-state index contributed by atoms with van der Waals surface area (Å²) in [6, 6.07) is 6.75. The number of hydrogen-bond acceptors (Lipinski definition) is 4. The standard InChI is InChI=1S/C19H24FN3O3/c20-16-5-2-1-4-15(16)14-21-9-3-10-22(13-12-21)17(24)8-11-23-18(25)6-7-19(23)26/h1-2,4-5H,3,6-14H2. The van der Waals surface area contributed by atoms with Crippen molar-refractivity contribution < 1.29 is 18.8 Å². The Kier molecular flexibility index (Phi) is 5.98. The molecule has 2 aliphatic rings. The van der Waals surface area contributed by atoms with Crippen LogP contribution in [0.25, 0.3) is 0 Å². The minimum Gasteiger partial charge on any atom is -0.341 e. The van der Waals surface area contributed by atoms with E-state index < -0.39 is 0 Å². The molecule has 0 atom stereocenters. The van der Waals surface area contributed by atoms with Gasteiger partial charge in [0.15, 0.2) is 0 Å². The van der Waals surface area contributed by atoms with Crippen LogP contribution in [0.2, 0.25) is 0 Å². The van der Waals surface area contributed by atoms with Crippen LogP contribution in [0.1, 0.15) is 31.2 Å². The van der Waals surface area contributed by atoms with Crippen molar-refractivity contribution in [3.8, 4) is 0 Å². The molecule has 3 rings (SSSR count). The Bertz CT molecular complexity index is 678. The Balaban J connectivity index is 1.48. The molecule has 0 saturated carbocycles. The van der Waals surface area contributed by atoms with E-state index in [1.807, 2.05) is 6.07 Å². The van der Waals surface area contributed by atoms with E-state index in [0.717, 1.165) is 13.0 Å². The smallest absolute Gasteiger partial charge is 0.229 e. The topological polar surface area (TPSA) is 60.9 Å². The van der Waals surface area contributed by atoms with Gasteiger partial charge in [-0.05, 0) is 12.5 Å². The van der Waals surface area contributed by atoms with Crippen LogP contribution in [0.3, 0.4) is 0 Å². The third kappa shape index (κ3) is 4.46. The second kappa shape index (κ2) is 8.40. The summed E-state index contributed by atoms with van der Waals surface area (Å²) in [5.74, 6) is -0.612. The third-order valence-corrected chi connectivity index (χ3v) is 5.00. The molecule has 2 aliphatic heterocycles. The van der Waals surface area contributed by atoms with Crippen LogP contribution in [0.15, 0.2) is 24.3 Å². The lowest BCUT2D eigenvalue weighted by Crippen LogP contribution is -2.38. The first-order valence-corrected chi connectivity index (χ1v) is 9.11. The molecule has 2 heterocycles. The molecule has 6 nitrogen and oxygen atoms in total. The Morgan fingerprint density at radius 3 is 2.46 bits per heavy atom. The zero-order valence-corrected chi connectivity index (χ0v) is 14.8. The summed E-state index contributed by atoms with van der Waals surface area (Å²) in [4.78, 5) is 40.8. The van der Waals surface area contributed by atoms with Crippen molar-refractivity contribution in [2.24, 2.45) is 0 Å². The lowest BCUT2D eigenvalue weighted by atomic mass is 10.2. The van der Waals surface area contributed by atoms with Gasteiger partial charge in [0.25, 0.3) is 0 Å². The number of carbonyl (C=O) groups excluding carboxylic acids is 3. The Morgan fingerprint density at radius 2 is 1.73 bits per heavy atom. The molecule has 0 bridgehead atoms. The summed E-state index contributed by atoms with van der Waals surface area (Å²) in [7, 11) is 0. The minimum atomic E-state index is -0.204. The summed E-state index contributed by atoms with van der Waals surface area (Å²) in [5.41, 5.74) is 0.665. The maximum absolute atomic E-state index is 13.8. The summed E-state index contributed by atoms with van der Waals surface area (Å²) in [5, 5.41) is 0. The molecule has 2 fully saturated rings. The van der Waals surface area contributed by atoms with E-state index in [0.29, 0.717) is 31.7 Å². The maximum Gasteiger partial charge on any atom is 0.229 e. The first-order chi connectivity index (χ1) is 12.5. The monoisotopic (exact) mass is 361 g/mol. The highest BCUT2D eigenvalue weighted by atomic mass is 19.1. The van der Waals surface area contributed by atoms with Gasteiger partial charge in [0.2, 0.25) is 17.7 Å². The van der Waals surface area contributed by atoms with Crippen LogP contribution in [0.5, 0.6) is 0 Å². The van der Waals surface area contributed by atoms with Gasteiger partial charge < -0.3 is 4.90 Å². The van der Waals surface area contributed by atoms with Gasteiger partial charge in [-0.1, -0.05) is 18.2 Å². The van der Waals surface area contributed by atoms with Crippen molar-refractivity contribution in [2.45, 2.75) is 32.2 Å². The lowest BCUT2D eigenvalue weighted by Gasteiger charge is -2.23. The van der Waals surface area contributed by atoms with Gasteiger partial charge in [-0.25, -0.2) is 4.39 Å². The third-order valence-electron chi connectivity index (χ3n) is 5.00. The zero-order chi connectivity index (χ0) is 18.5. The van der Waals surface area contributed by atoms with Crippen molar-refractivity contribution in [3.05, 3.63) is 35.6 Å². The molecule has 0 aromatic heterocycles.